The third kappa shape index (κ3) is 9.90. The van der Waals surface area contributed by atoms with Gasteiger partial charge >= 0.3 is 0 Å². The molecule has 0 spiro atoms. The van der Waals surface area contributed by atoms with Crippen molar-refractivity contribution in [2.24, 2.45) is 4.99 Å². The van der Waals surface area contributed by atoms with Crippen LogP contribution >= 0.6 is 24.0 Å². The number of aliphatic imine (C=N–C) groups is 1. The van der Waals surface area contributed by atoms with Crippen LogP contribution in [0.1, 0.15) is 37.3 Å². The Hall–Kier alpha value is -1.84. The van der Waals surface area contributed by atoms with E-state index in [4.69, 9.17) is 19.2 Å². The van der Waals surface area contributed by atoms with Crippen molar-refractivity contribution in [2.75, 3.05) is 40.0 Å². The maximum atomic E-state index is 5.98. The van der Waals surface area contributed by atoms with E-state index < -0.39 is 0 Å². The van der Waals surface area contributed by atoms with Gasteiger partial charge in [0, 0.05) is 40.0 Å². The van der Waals surface area contributed by atoms with Crippen LogP contribution in [0.3, 0.4) is 0 Å². The summed E-state index contributed by atoms with van der Waals surface area (Å²) in [5, 5.41) is 3.44. The van der Waals surface area contributed by atoms with Crippen LogP contribution in [-0.4, -0.2) is 56.9 Å². The van der Waals surface area contributed by atoms with E-state index >= 15 is 0 Å². The highest BCUT2D eigenvalue weighted by Gasteiger charge is 2.21. The predicted molar refractivity (Wildman–Crippen MR) is 144 cm³/mol. The molecule has 182 valence electrons. The summed E-state index contributed by atoms with van der Waals surface area (Å²) in [5.74, 6) is 1.86. The zero-order valence-electron chi connectivity index (χ0n) is 19.9. The van der Waals surface area contributed by atoms with Gasteiger partial charge in [0.2, 0.25) is 0 Å². The summed E-state index contributed by atoms with van der Waals surface area (Å²) < 4.78 is 17.0. The third-order valence-electron chi connectivity index (χ3n) is 5.51. The van der Waals surface area contributed by atoms with Crippen LogP contribution < -0.4 is 10.1 Å². The van der Waals surface area contributed by atoms with Gasteiger partial charge in [-0.25, -0.2) is 4.99 Å². The predicted octanol–water partition coefficient (Wildman–Crippen LogP) is 4.87. The lowest BCUT2D eigenvalue weighted by Gasteiger charge is -2.34. The summed E-state index contributed by atoms with van der Waals surface area (Å²) in [6.45, 7) is 7.66. The largest absolute Gasteiger partial charge is 0.489 e. The molecule has 33 heavy (non-hydrogen) atoms. The lowest BCUT2D eigenvalue weighted by atomic mass is 10.1. The maximum absolute atomic E-state index is 5.98. The van der Waals surface area contributed by atoms with Crippen molar-refractivity contribution in [3.63, 3.8) is 0 Å². The van der Waals surface area contributed by atoms with Gasteiger partial charge in [0.15, 0.2) is 5.96 Å². The van der Waals surface area contributed by atoms with Crippen molar-refractivity contribution in [1.82, 2.24) is 10.2 Å². The number of benzene rings is 2. The minimum atomic E-state index is 0. The fourth-order valence-electron chi connectivity index (χ4n) is 3.71. The van der Waals surface area contributed by atoms with Gasteiger partial charge in [-0.05, 0) is 49.4 Å². The Bertz CT molecular complexity index is 794. The SMILES string of the molecule is CCNC(=NCc1ccc(OCc2ccccc2)cc1)N1CCC(OCCCOC)CC1.I. The van der Waals surface area contributed by atoms with Crippen LogP contribution in [0, 0.1) is 0 Å². The normalized spacial score (nSPS) is 14.6. The van der Waals surface area contributed by atoms with Gasteiger partial charge in [0.25, 0.3) is 0 Å². The lowest BCUT2D eigenvalue weighted by molar-refractivity contribution is 0.00990. The summed E-state index contributed by atoms with van der Waals surface area (Å²) >= 11 is 0. The van der Waals surface area contributed by atoms with E-state index in [1.165, 1.54) is 11.1 Å². The van der Waals surface area contributed by atoms with E-state index in [0.29, 0.717) is 19.3 Å². The number of hydrogen-bond donors (Lipinski definition) is 1. The molecular weight excluding hydrogens is 529 g/mol. The molecule has 2 aromatic rings. The quantitative estimate of drug-likeness (QED) is 0.182. The monoisotopic (exact) mass is 567 g/mol. The number of piperidine rings is 1. The average Bonchev–Trinajstić information content (AvgIpc) is 2.85. The first-order valence-electron chi connectivity index (χ1n) is 11.7. The first-order chi connectivity index (χ1) is 15.8. The second kappa shape index (κ2) is 15.9. The molecule has 0 aromatic heterocycles. The molecule has 0 unspecified atom stereocenters. The van der Waals surface area contributed by atoms with Crippen molar-refractivity contribution in [3.8, 4) is 5.75 Å². The molecule has 0 aliphatic carbocycles. The van der Waals surface area contributed by atoms with Crippen LogP contribution in [0.4, 0.5) is 0 Å². The Morgan fingerprint density at radius 3 is 2.39 bits per heavy atom. The minimum absolute atomic E-state index is 0. The Labute approximate surface area is 215 Å². The average molecular weight is 568 g/mol. The lowest BCUT2D eigenvalue weighted by Crippen LogP contribution is -2.47. The van der Waals surface area contributed by atoms with Crippen molar-refractivity contribution in [3.05, 3.63) is 65.7 Å². The second-order valence-electron chi connectivity index (χ2n) is 7.99. The second-order valence-corrected chi connectivity index (χ2v) is 7.99. The molecule has 7 heteroatoms. The first-order valence-corrected chi connectivity index (χ1v) is 11.7. The number of ether oxygens (including phenoxy) is 3. The van der Waals surface area contributed by atoms with Crippen molar-refractivity contribution >= 4 is 29.9 Å². The highest BCUT2D eigenvalue weighted by molar-refractivity contribution is 14.0. The van der Waals surface area contributed by atoms with Crippen LogP contribution in [-0.2, 0) is 22.6 Å². The Morgan fingerprint density at radius 2 is 1.73 bits per heavy atom. The van der Waals surface area contributed by atoms with Crippen molar-refractivity contribution < 1.29 is 14.2 Å². The topological polar surface area (TPSA) is 55.3 Å². The fraction of sp³-hybridized carbons (Fsp3) is 0.500. The van der Waals surface area contributed by atoms with Gasteiger partial charge in [-0.1, -0.05) is 42.5 Å². The molecule has 1 saturated heterocycles. The summed E-state index contributed by atoms with van der Waals surface area (Å²) in [7, 11) is 1.73. The summed E-state index contributed by atoms with van der Waals surface area (Å²) in [5.41, 5.74) is 2.34. The van der Waals surface area contributed by atoms with Gasteiger partial charge in [0.1, 0.15) is 12.4 Å². The van der Waals surface area contributed by atoms with Gasteiger partial charge in [-0.15, -0.1) is 24.0 Å². The minimum Gasteiger partial charge on any atom is -0.489 e. The zero-order valence-corrected chi connectivity index (χ0v) is 22.2. The van der Waals surface area contributed by atoms with Gasteiger partial charge in [0.05, 0.1) is 12.6 Å². The molecule has 3 rings (SSSR count). The summed E-state index contributed by atoms with van der Waals surface area (Å²) in [4.78, 5) is 7.22. The van der Waals surface area contributed by atoms with Crippen molar-refractivity contribution in [2.45, 2.75) is 45.4 Å². The molecule has 0 saturated carbocycles. The van der Waals surface area contributed by atoms with Crippen LogP contribution in [0.2, 0.25) is 0 Å². The highest BCUT2D eigenvalue weighted by Crippen LogP contribution is 2.17. The van der Waals surface area contributed by atoms with Crippen LogP contribution in [0.15, 0.2) is 59.6 Å². The number of nitrogens with zero attached hydrogens (tertiary/aromatic N) is 2. The van der Waals surface area contributed by atoms with E-state index in [1.54, 1.807) is 7.11 Å². The third-order valence-corrected chi connectivity index (χ3v) is 5.51. The number of halogens is 1. The number of guanidine groups is 1. The van der Waals surface area contributed by atoms with E-state index in [0.717, 1.165) is 63.8 Å². The van der Waals surface area contributed by atoms with E-state index in [1.807, 2.05) is 30.3 Å². The van der Waals surface area contributed by atoms with Gasteiger partial charge in [-0.2, -0.15) is 0 Å². The maximum Gasteiger partial charge on any atom is 0.194 e. The fourth-order valence-corrected chi connectivity index (χ4v) is 3.71. The molecule has 1 heterocycles. The summed E-state index contributed by atoms with van der Waals surface area (Å²) in [6.07, 6.45) is 3.36. The molecule has 0 radical (unpaired) electrons. The summed E-state index contributed by atoms with van der Waals surface area (Å²) in [6, 6.07) is 18.4. The molecular formula is C26H38IN3O3. The van der Waals surface area contributed by atoms with E-state index in [2.05, 4.69) is 41.4 Å². The van der Waals surface area contributed by atoms with E-state index in [-0.39, 0.29) is 24.0 Å². The number of likely N-dealkylation sites (tertiary alicyclic amines) is 1. The molecule has 1 aliphatic heterocycles. The molecule has 2 aromatic carbocycles. The Balaban J connectivity index is 0.00000385. The highest BCUT2D eigenvalue weighted by atomic mass is 127. The van der Waals surface area contributed by atoms with Crippen molar-refractivity contribution in [1.29, 1.82) is 0 Å². The smallest absolute Gasteiger partial charge is 0.194 e. The molecule has 1 fully saturated rings. The van der Waals surface area contributed by atoms with Gasteiger partial charge in [-0.3, -0.25) is 0 Å². The first kappa shape index (κ1) is 27.4. The number of nitrogens with one attached hydrogen (secondary N) is 1. The zero-order chi connectivity index (χ0) is 22.4. The van der Waals surface area contributed by atoms with Gasteiger partial charge < -0.3 is 24.4 Å². The van der Waals surface area contributed by atoms with E-state index in [9.17, 15) is 0 Å². The molecule has 6 nitrogen and oxygen atoms in total. The number of methoxy groups -OCH3 is 1. The number of rotatable bonds is 11. The molecule has 1 aliphatic rings. The number of hydrogen-bond acceptors (Lipinski definition) is 4. The molecule has 0 bridgehead atoms. The van der Waals surface area contributed by atoms with Crippen LogP contribution in [0.5, 0.6) is 5.75 Å². The molecule has 0 amide bonds. The Morgan fingerprint density at radius 1 is 1.00 bits per heavy atom. The Kier molecular flexibility index (Phi) is 13.2. The standard InChI is InChI=1S/C26H37N3O3.HI/c1-3-27-26(29-16-14-25(15-17-29)31-19-7-18-30-2)28-20-22-10-12-24(13-11-22)32-21-23-8-5-4-6-9-23;/h4-6,8-13,25H,3,7,14-21H2,1-2H3,(H,27,28);1H. The molecule has 1 N–H and O–H groups in total. The molecule has 0 atom stereocenters. The van der Waals surface area contributed by atoms with Crippen LogP contribution in [0.25, 0.3) is 0 Å².